The predicted octanol–water partition coefficient (Wildman–Crippen LogP) is 0.454. The molecule has 0 aliphatic carbocycles. The van der Waals surface area contributed by atoms with Gasteiger partial charge in [0, 0.05) is 13.1 Å². The van der Waals surface area contributed by atoms with Crippen molar-refractivity contribution in [3.05, 3.63) is 24.3 Å². The number of amides is 2. The second-order valence-electron chi connectivity index (χ2n) is 4.69. The number of ether oxygens (including phenoxy) is 1. The van der Waals surface area contributed by atoms with Gasteiger partial charge < -0.3 is 15.4 Å². The van der Waals surface area contributed by atoms with Gasteiger partial charge in [0.05, 0.1) is 25.4 Å². The Balaban J connectivity index is 2.02. The van der Waals surface area contributed by atoms with E-state index in [0.29, 0.717) is 24.5 Å². The fourth-order valence-electron chi connectivity index (χ4n) is 2.14. The number of benzene rings is 1. The topological polar surface area (TPSA) is 70.7 Å². The van der Waals surface area contributed by atoms with Crippen molar-refractivity contribution in [2.24, 2.45) is 0 Å². The van der Waals surface area contributed by atoms with E-state index in [9.17, 15) is 9.59 Å². The average Bonchev–Trinajstić information content (AvgIpc) is 2.47. The van der Waals surface area contributed by atoms with Gasteiger partial charge in [-0.05, 0) is 19.1 Å². The number of methoxy groups -OCH3 is 1. The fourth-order valence-corrected chi connectivity index (χ4v) is 2.14. The molecule has 2 amide bonds. The van der Waals surface area contributed by atoms with Crippen molar-refractivity contribution in [2.75, 3.05) is 32.1 Å². The van der Waals surface area contributed by atoms with E-state index in [2.05, 4.69) is 10.6 Å². The molecule has 2 rings (SSSR count). The molecule has 0 radical (unpaired) electrons. The number of hydrogen-bond donors (Lipinski definition) is 2. The summed E-state index contributed by atoms with van der Waals surface area (Å²) in [6.45, 7) is 3.29. The molecule has 1 saturated heterocycles. The van der Waals surface area contributed by atoms with Gasteiger partial charge in [0.2, 0.25) is 11.8 Å². The molecule has 1 aromatic carbocycles. The first-order valence-corrected chi connectivity index (χ1v) is 6.56. The van der Waals surface area contributed by atoms with Crippen molar-refractivity contribution < 1.29 is 14.3 Å². The molecule has 0 spiro atoms. The Morgan fingerprint density at radius 1 is 1.45 bits per heavy atom. The minimum atomic E-state index is -0.369. The highest BCUT2D eigenvalue weighted by molar-refractivity contribution is 5.96. The molecule has 0 aromatic heterocycles. The van der Waals surface area contributed by atoms with Gasteiger partial charge in [-0.2, -0.15) is 0 Å². The summed E-state index contributed by atoms with van der Waals surface area (Å²) in [5.41, 5.74) is 0.633. The van der Waals surface area contributed by atoms with Crippen LogP contribution >= 0.6 is 0 Å². The van der Waals surface area contributed by atoms with Gasteiger partial charge >= 0.3 is 0 Å². The standard InChI is InChI=1S/C14H19N3O3/c1-10(17-8-7-15-13(18)9-17)14(19)16-11-5-3-4-6-12(11)20-2/h3-6,10H,7-9H2,1-2H3,(H,15,18)(H,16,19)/t10-/m0/s1. The lowest BCUT2D eigenvalue weighted by molar-refractivity contribution is -0.127. The predicted molar refractivity (Wildman–Crippen MR) is 75.7 cm³/mol. The number of carbonyl (C=O) groups is 2. The van der Waals surface area contributed by atoms with Gasteiger partial charge in [0.15, 0.2) is 0 Å². The Morgan fingerprint density at radius 3 is 2.90 bits per heavy atom. The van der Waals surface area contributed by atoms with Crippen LogP contribution in [0.5, 0.6) is 5.75 Å². The SMILES string of the molecule is COc1ccccc1NC(=O)[C@H](C)N1CCNC(=O)C1. The lowest BCUT2D eigenvalue weighted by atomic mass is 10.2. The number of hydrogen-bond acceptors (Lipinski definition) is 4. The van der Waals surface area contributed by atoms with Crippen LogP contribution in [0, 0.1) is 0 Å². The van der Waals surface area contributed by atoms with E-state index >= 15 is 0 Å². The van der Waals surface area contributed by atoms with Crippen LogP contribution in [-0.2, 0) is 9.59 Å². The molecule has 0 bridgehead atoms. The average molecular weight is 277 g/mol. The second kappa shape index (κ2) is 6.38. The highest BCUT2D eigenvalue weighted by Gasteiger charge is 2.26. The Labute approximate surface area is 118 Å². The number of carbonyl (C=O) groups excluding carboxylic acids is 2. The van der Waals surface area contributed by atoms with E-state index in [4.69, 9.17) is 4.74 Å². The number of piperazine rings is 1. The molecular formula is C14H19N3O3. The van der Waals surface area contributed by atoms with E-state index < -0.39 is 0 Å². The van der Waals surface area contributed by atoms with Crippen molar-refractivity contribution in [2.45, 2.75) is 13.0 Å². The molecule has 2 N–H and O–H groups in total. The third-order valence-corrected chi connectivity index (χ3v) is 3.36. The van der Waals surface area contributed by atoms with Crippen molar-refractivity contribution in [1.82, 2.24) is 10.2 Å². The van der Waals surface area contributed by atoms with Crippen molar-refractivity contribution in [3.63, 3.8) is 0 Å². The quantitative estimate of drug-likeness (QED) is 0.838. The summed E-state index contributed by atoms with van der Waals surface area (Å²) in [5, 5.41) is 5.58. The molecule has 1 heterocycles. The third-order valence-electron chi connectivity index (χ3n) is 3.36. The smallest absolute Gasteiger partial charge is 0.241 e. The first-order chi connectivity index (χ1) is 9.61. The molecule has 108 valence electrons. The summed E-state index contributed by atoms with van der Waals surface area (Å²) in [6.07, 6.45) is 0. The molecule has 1 atom stereocenters. The maximum atomic E-state index is 12.2. The number of para-hydroxylation sites is 2. The monoisotopic (exact) mass is 277 g/mol. The van der Waals surface area contributed by atoms with E-state index in [1.807, 2.05) is 17.0 Å². The molecule has 6 nitrogen and oxygen atoms in total. The zero-order valence-electron chi connectivity index (χ0n) is 11.7. The first kappa shape index (κ1) is 14.3. The molecule has 1 fully saturated rings. The summed E-state index contributed by atoms with van der Waals surface area (Å²) in [4.78, 5) is 25.5. The van der Waals surface area contributed by atoms with Gasteiger partial charge in [-0.1, -0.05) is 12.1 Å². The highest BCUT2D eigenvalue weighted by atomic mass is 16.5. The first-order valence-electron chi connectivity index (χ1n) is 6.56. The van der Waals surface area contributed by atoms with Gasteiger partial charge in [0.25, 0.3) is 0 Å². The maximum absolute atomic E-state index is 12.2. The van der Waals surface area contributed by atoms with E-state index in [1.54, 1.807) is 26.2 Å². The van der Waals surface area contributed by atoms with E-state index in [1.165, 1.54) is 0 Å². The lowest BCUT2D eigenvalue weighted by Crippen LogP contribution is -2.53. The Kier molecular flexibility index (Phi) is 4.57. The minimum Gasteiger partial charge on any atom is -0.495 e. The van der Waals surface area contributed by atoms with Gasteiger partial charge in [-0.15, -0.1) is 0 Å². The van der Waals surface area contributed by atoms with Crippen LogP contribution in [0.25, 0.3) is 0 Å². The Bertz CT molecular complexity index is 504. The number of anilines is 1. The lowest BCUT2D eigenvalue weighted by Gasteiger charge is -2.31. The van der Waals surface area contributed by atoms with Crippen molar-refractivity contribution >= 4 is 17.5 Å². The molecule has 1 aliphatic rings. The molecular weight excluding hydrogens is 258 g/mol. The van der Waals surface area contributed by atoms with Crippen LogP contribution in [0.4, 0.5) is 5.69 Å². The molecule has 0 saturated carbocycles. The minimum absolute atomic E-state index is 0.0480. The number of rotatable bonds is 4. The van der Waals surface area contributed by atoms with Crippen LogP contribution in [0.2, 0.25) is 0 Å². The highest BCUT2D eigenvalue weighted by Crippen LogP contribution is 2.23. The van der Waals surface area contributed by atoms with Crippen LogP contribution in [-0.4, -0.2) is 49.5 Å². The zero-order chi connectivity index (χ0) is 14.5. The summed E-state index contributed by atoms with van der Waals surface area (Å²) >= 11 is 0. The maximum Gasteiger partial charge on any atom is 0.241 e. The summed E-state index contributed by atoms with van der Waals surface area (Å²) < 4.78 is 5.20. The second-order valence-corrected chi connectivity index (χ2v) is 4.69. The Hall–Kier alpha value is -2.08. The van der Waals surface area contributed by atoms with Crippen LogP contribution in [0.15, 0.2) is 24.3 Å². The normalized spacial score (nSPS) is 17.2. The number of nitrogens with one attached hydrogen (secondary N) is 2. The van der Waals surface area contributed by atoms with E-state index in [-0.39, 0.29) is 24.4 Å². The van der Waals surface area contributed by atoms with Crippen LogP contribution in [0.3, 0.4) is 0 Å². The van der Waals surface area contributed by atoms with Crippen LogP contribution < -0.4 is 15.4 Å². The largest absolute Gasteiger partial charge is 0.495 e. The summed E-state index contributed by atoms with van der Waals surface area (Å²) in [5.74, 6) is 0.418. The van der Waals surface area contributed by atoms with Crippen molar-refractivity contribution in [1.29, 1.82) is 0 Å². The Morgan fingerprint density at radius 2 is 2.20 bits per heavy atom. The zero-order valence-corrected chi connectivity index (χ0v) is 11.7. The fraction of sp³-hybridized carbons (Fsp3) is 0.429. The number of nitrogens with zero attached hydrogens (tertiary/aromatic N) is 1. The van der Waals surface area contributed by atoms with Gasteiger partial charge in [-0.3, -0.25) is 14.5 Å². The van der Waals surface area contributed by atoms with Gasteiger partial charge in [-0.25, -0.2) is 0 Å². The molecule has 0 unspecified atom stereocenters. The molecule has 1 aliphatic heterocycles. The third kappa shape index (κ3) is 3.27. The molecule has 1 aromatic rings. The molecule has 6 heteroatoms. The van der Waals surface area contributed by atoms with Crippen molar-refractivity contribution in [3.8, 4) is 5.75 Å². The van der Waals surface area contributed by atoms with E-state index in [0.717, 1.165) is 0 Å². The summed E-state index contributed by atoms with van der Waals surface area (Å²) in [6, 6.07) is 6.87. The summed E-state index contributed by atoms with van der Waals surface area (Å²) in [7, 11) is 1.56. The van der Waals surface area contributed by atoms with Gasteiger partial charge in [0.1, 0.15) is 5.75 Å². The molecule has 20 heavy (non-hydrogen) atoms. The van der Waals surface area contributed by atoms with Crippen LogP contribution in [0.1, 0.15) is 6.92 Å².